The van der Waals surface area contributed by atoms with Crippen molar-refractivity contribution < 1.29 is 13.2 Å². The molecule has 1 aliphatic rings. The molecule has 1 heterocycles. The molecule has 1 saturated heterocycles. The van der Waals surface area contributed by atoms with E-state index in [0.29, 0.717) is 23.0 Å². The molecule has 1 aliphatic heterocycles. The monoisotopic (exact) mass is 315 g/mol. The smallest absolute Gasteiger partial charge is 0.243 e. The van der Waals surface area contributed by atoms with E-state index in [1.165, 1.54) is 4.31 Å². The molecule has 0 N–H and O–H groups in total. The van der Waals surface area contributed by atoms with Crippen LogP contribution in [-0.2, 0) is 14.8 Å². The Hall–Kier alpha value is -0.880. The first-order chi connectivity index (χ1) is 9.36. The van der Waals surface area contributed by atoms with Gasteiger partial charge in [0.15, 0.2) is 0 Å². The van der Waals surface area contributed by atoms with E-state index >= 15 is 0 Å². The lowest BCUT2D eigenvalue weighted by molar-refractivity contribution is 0.0937. The number of halogens is 1. The minimum Gasteiger partial charge on any atom is -0.379 e. The van der Waals surface area contributed by atoms with Crippen LogP contribution >= 0.6 is 11.6 Å². The van der Waals surface area contributed by atoms with E-state index in [0.717, 1.165) is 5.56 Å². The number of nitrogens with zero attached hydrogens (tertiary/aromatic N) is 1. The number of sulfonamides is 1. The van der Waals surface area contributed by atoms with Gasteiger partial charge >= 0.3 is 0 Å². The van der Waals surface area contributed by atoms with Crippen LogP contribution in [-0.4, -0.2) is 39.0 Å². The molecule has 0 aliphatic carbocycles. The fourth-order valence-corrected chi connectivity index (χ4v) is 4.02. The third-order valence-corrected chi connectivity index (χ3v) is 5.72. The van der Waals surface area contributed by atoms with Gasteiger partial charge in [0.25, 0.3) is 0 Å². The standard InChI is InChI=1S/C14H18ClNO3S/c1-10-4-6-12(7-5-10)20(17,18)16-8-13(11(2)15)14(9-16)19-3/h4-7,13-14H,2,8-9H2,1,3H3/t13-,14+/m0/s1. The molecule has 6 heteroatoms. The fraction of sp³-hybridized carbons (Fsp3) is 0.429. The molecule has 0 amide bonds. The van der Waals surface area contributed by atoms with E-state index in [2.05, 4.69) is 6.58 Å². The van der Waals surface area contributed by atoms with Crippen molar-refractivity contribution in [2.45, 2.75) is 17.9 Å². The Balaban J connectivity index is 2.27. The van der Waals surface area contributed by atoms with Crippen LogP contribution in [0.5, 0.6) is 0 Å². The number of hydrogen-bond donors (Lipinski definition) is 0. The Morgan fingerprint density at radius 3 is 2.40 bits per heavy atom. The van der Waals surface area contributed by atoms with Crippen LogP contribution in [0.1, 0.15) is 5.56 Å². The van der Waals surface area contributed by atoms with Gasteiger partial charge in [-0.2, -0.15) is 4.31 Å². The van der Waals surface area contributed by atoms with Gasteiger partial charge in [-0.05, 0) is 19.1 Å². The topological polar surface area (TPSA) is 46.6 Å². The summed E-state index contributed by atoms with van der Waals surface area (Å²) >= 11 is 5.94. The number of benzene rings is 1. The fourth-order valence-electron chi connectivity index (χ4n) is 2.33. The molecule has 0 spiro atoms. The highest BCUT2D eigenvalue weighted by atomic mass is 35.5. The quantitative estimate of drug-likeness (QED) is 0.857. The highest BCUT2D eigenvalue weighted by Gasteiger charge is 2.40. The molecule has 0 bridgehead atoms. The summed E-state index contributed by atoms with van der Waals surface area (Å²) in [4.78, 5) is 0.291. The zero-order valence-electron chi connectivity index (χ0n) is 11.5. The van der Waals surface area contributed by atoms with Crippen LogP contribution in [0.3, 0.4) is 0 Å². The molecule has 110 valence electrons. The van der Waals surface area contributed by atoms with Gasteiger partial charge < -0.3 is 4.74 Å². The molecule has 0 saturated carbocycles. The van der Waals surface area contributed by atoms with Gasteiger partial charge in [-0.25, -0.2) is 8.42 Å². The summed E-state index contributed by atoms with van der Waals surface area (Å²) in [5, 5.41) is 0.429. The van der Waals surface area contributed by atoms with E-state index in [-0.39, 0.29) is 12.0 Å². The highest BCUT2D eigenvalue weighted by Crippen LogP contribution is 2.31. The van der Waals surface area contributed by atoms with Crippen molar-refractivity contribution in [1.82, 2.24) is 4.31 Å². The molecule has 0 aromatic heterocycles. The summed E-state index contributed by atoms with van der Waals surface area (Å²) in [6.07, 6.45) is -0.250. The Morgan fingerprint density at radius 1 is 1.35 bits per heavy atom. The SMILES string of the molecule is C=C(Cl)[C@@H]1CN(S(=O)(=O)c2ccc(C)cc2)C[C@H]1OC. The number of hydrogen-bond acceptors (Lipinski definition) is 3. The zero-order valence-corrected chi connectivity index (χ0v) is 13.1. The summed E-state index contributed by atoms with van der Waals surface area (Å²) in [5.74, 6) is -0.179. The maximum absolute atomic E-state index is 12.6. The summed E-state index contributed by atoms with van der Waals surface area (Å²) in [5.41, 5.74) is 1.02. The second kappa shape index (κ2) is 5.85. The average molecular weight is 316 g/mol. The van der Waals surface area contributed by atoms with Crippen molar-refractivity contribution in [1.29, 1.82) is 0 Å². The summed E-state index contributed by atoms with van der Waals surface area (Å²) in [6.45, 7) is 6.21. The van der Waals surface area contributed by atoms with Crippen molar-refractivity contribution in [3.05, 3.63) is 41.4 Å². The van der Waals surface area contributed by atoms with Gasteiger partial charge in [0.05, 0.1) is 11.0 Å². The second-order valence-corrected chi connectivity index (χ2v) is 7.39. The van der Waals surface area contributed by atoms with E-state index in [1.807, 2.05) is 6.92 Å². The Bertz CT molecular complexity index is 597. The van der Waals surface area contributed by atoms with E-state index < -0.39 is 10.0 Å². The predicted molar refractivity (Wildman–Crippen MR) is 79.2 cm³/mol. The van der Waals surface area contributed by atoms with Crippen LogP contribution in [0.4, 0.5) is 0 Å². The Kier molecular flexibility index (Phi) is 4.54. The van der Waals surface area contributed by atoms with Gasteiger partial charge in [0.2, 0.25) is 10.0 Å². The zero-order chi connectivity index (χ0) is 14.9. The molecule has 1 aromatic rings. The number of aryl methyl sites for hydroxylation is 1. The van der Waals surface area contributed by atoms with Crippen LogP contribution in [0.2, 0.25) is 0 Å². The van der Waals surface area contributed by atoms with Crippen LogP contribution < -0.4 is 0 Å². The van der Waals surface area contributed by atoms with Gasteiger partial charge in [0, 0.05) is 31.1 Å². The molecule has 0 radical (unpaired) electrons. The Morgan fingerprint density at radius 2 is 1.95 bits per heavy atom. The largest absolute Gasteiger partial charge is 0.379 e. The van der Waals surface area contributed by atoms with Gasteiger partial charge in [0.1, 0.15) is 0 Å². The maximum Gasteiger partial charge on any atom is 0.243 e. The molecular formula is C14H18ClNO3S. The third kappa shape index (κ3) is 2.91. The lowest BCUT2D eigenvalue weighted by Crippen LogP contribution is -2.30. The third-order valence-electron chi connectivity index (χ3n) is 3.60. The molecule has 1 aromatic carbocycles. The molecule has 2 atom stereocenters. The molecular weight excluding hydrogens is 298 g/mol. The first-order valence-electron chi connectivity index (χ1n) is 6.30. The normalized spacial score (nSPS) is 23.9. The lowest BCUT2D eigenvalue weighted by Gasteiger charge is -2.16. The van der Waals surface area contributed by atoms with Gasteiger partial charge in [-0.15, -0.1) is 0 Å². The van der Waals surface area contributed by atoms with Crippen molar-refractivity contribution >= 4 is 21.6 Å². The van der Waals surface area contributed by atoms with Crippen molar-refractivity contribution in [2.75, 3.05) is 20.2 Å². The maximum atomic E-state index is 12.6. The summed E-state index contributed by atoms with van der Waals surface area (Å²) in [6, 6.07) is 6.81. The van der Waals surface area contributed by atoms with Crippen LogP contribution in [0.15, 0.2) is 40.8 Å². The van der Waals surface area contributed by atoms with Crippen molar-refractivity contribution in [2.24, 2.45) is 5.92 Å². The van der Waals surface area contributed by atoms with Crippen molar-refractivity contribution in [3.63, 3.8) is 0 Å². The van der Waals surface area contributed by atoms with Crippen LogP contribution in [0.25, 0.3) is 0 Å². The highest BCUT2D eigenvalue weighted by molar-refractivity contribution is 7.89. The second-order valence-electron chi connectivity index (χ2n) is 4.96. The van der Waals surface area contributed by atoms with E-state index in [4.69, 9.17) is 16.3 Å². The first kappa shape index (κ1) is 15.5. The van der Waals surface area contributed by atoms with Crippen LogP contribution in [0, 0.1) is 12.8 Å². The molecule has 20 heavy (non-hydrogen) atoms. The van der Waals surface area contributed by atoms with Gasteiger partial charge in [-0.3, -0.25) is 0 Å². The Labute approximate surface area is 125 Å². The predicted octanol–water partition coefficient (Wildman–Crippen LogP) is 2.38. The van der Waals surface area contributed by atoms with Gasteiger partial charge in [-0.1, -0.05) is 35.9 Å². The number of rotatable bonds is 4. The average Bonchev–Trinajstić information content (AvgIpc) is 2.84. The van der Waals surface area contributed by atoms with E-state index in [1.54, 1.807) is 31.4 Å². The minimum absolute atomic E-state index is 0.179. The molecule has 4 nitrogen and oxygen atoms in total. The number of methoxy groups -OCH3 is 1. The van der Waals surface area contributed by atoms with E-state index in [9.17, 15) is 8.42 Å². The number of ether oxygens (including phenoxy) is 1. The summed E-state index contributed by atoms with van der Waals surface area (Å²) in [7, 11) is -1.96. The summed E-state index contributed by atoms with van der Waals surface area (Å²) < 4.78 is 31.9. The van der Waals surface area contributed by atoms with Crippen molar-refractivity contribution in [3.8, 4) is 0 Å². The minimum atomic E-state index is -3.51. The molecule has 1 fully saturated rings. The first-order valence-corrected chi connectivity index (χ1v) is 8.12. The molecule has 0 unspecified atom stereocenters. The molecule has 2 rings (SSSR count). The lowest BCUT2D eigenvalue weighted by atomic mass is 10.1.